The van der Waals surface area contributed by atoms with E-state index < -0.39 is 0 Å². The first-order valence-corrected chi connectivity index (χ1v) is 7.67. The van der Waals surface area contributed by atoms with Crippen molar-refractivity contribution in [3.63, 3.8) is 0 Å². The van der Waals surface area contributed by atoms with Crippen LogP contribution in [0.3, 0.4) is 0 Å². The molecule has 2 aromatic carbocycles. The average molecular weight is 313 g/mol. The first kappa shape index (κ1) is 15.2. The summed E-state index contributed by atoms with van der Waals surface area (Å²) in [6.45, 7) is 1.61. The van der Waals surface area contributed by atoms with Crippen LogP contribution < -0.4 is 4.74 Å². The normalized spacial score (nSPS) is 14.0. The van der Waals surface area contributed by atoms with Gasteiger partial charge in [-0.05, 0) is 18.4 Å². The molecule has 0 atom stereocenters. The van der Waals surface area contributed by atoms with Gasteiger partial charge in [0.05, 0.1) is 0 Å². The van der Waals surface area contributed by atoms with Crippen molar-refractivity contribution in [3.8, 4) is 17.2 Å². The molecule has 1 amide bonds. The van der Waals surface area contributed by atoms with E-state index in [1.807, 2.05) is 30.3 Å². The summed E-state index contributed by atoms with van der Waals surface area (Å²) in [6, 6.07) is 12.1. The summed E-state index contributed by atoms with van der Waals surface area (Å²) in [4.78, 5) is 14.3. The van der Waals surface area contributed by atoms with Crippen LogP contribution in [0, 0.1) is 0 Å². The molecule has 0 spiro atoms. The van der Waals surface area contributed by atoms with E-state index in [2.05, 4.69) is 0 Å². The lowest BCUT2D eigenvalue weighted by Gasteiger charge is -2.19. The number of carbonyl (C=O) groups is 1. The minimum Gasteiger partial charge on any atom is -0.508 e. The standard InChI is InChI=1S/C18H19NO4/c20-14-10-15(21)17(18(22)19-8-4-5-9-19)16(11-14)23-12-13-6-2-1-3-7-13/h1-3,6-7,10-11,20-21H,4-5,8-9,12H2. The molecule has 0 radical (unpaired) electrons. The molecule has 2 aromatic rings. The lowest BCUT2D eigenvalue weighted by atomic mass is 10.1. The third-order valence-corrected chi connectivity index (χ3v) is 3.91. The molecule has 1 saturated heterocycles. The second-order valence-corrected chi connectivity index (χ2v) is 5.61. The zero-order valence-electron chi connectivity index (χ0n) is 12.7. The van der Waals surface area contributed by atoms with Crippen LogP contribution in [0.5, 0.6) is 17.2 Å². The van der Waals surface area contributed by atoms with Gasteiger partial charge in [0, 0.05) is 25.2 Å². The van der Waals surface area contributed by atoms with Crippen molar-refractivity contribution in [1.82, 2.24) is 4.90 Å². The molecule has 2 N–H and O–H groups in total. The van der Waals surface area contributed by atoms with Gasteiger partial charge in [0.1, 0.15) is 29.4 Å². The highest BCUT2D eigenvalue weighted by Crippen LogP contribution is 2.35. The molecular formula is C18H19NO4. The van der Waals surface area contributed by atoms with Gasteiger partial charge < -0.3 is 19.8 Å². The molecular weight excluding hydrogens is 294 g/mol. The van der Waals surface area contributed by atoms with Gasteiger partial charge in [0.2, 0.25) is 0 Å². The molecule has 3 rings (SSSR count). The number of carbonyl (C=O) groups excluding carboxylic acids is 1. The van der Waals surface area contributed by atoms with Crippen LogP contribution in [0.2, 0.25) is 0 Å². The number of nitrogens with zero attached hydrogens (tertiary/aromatic N) is 1. The van der Waals surface area contributed by atoms with E-state index in [1.54, 1.807) is 4.90 Å². The van der Waals surface area contributed by atoms with Crippen LogP contribution in [-0.4, -0.2) is 34.1 Å². The maximum Gasteiger partial charge on any atom is 0.261 e. The summed E-state index contributed by atoms with van der Waals surface area (Å²) in [6.07, 6.45) is 1.93. The summed E-state index contributed by atoms with van der Waals surface area (Å²) in [5, 5.41) is 19.8. The highest BCUT2D eigenvalue weighted by Gasteiger charge is 2.26. The Morgan fingerprint density at radius 2 is 1.78 bits per heavy atom. The minimum absolute atomic E-state index is 0.112. The smallest absolute Gasteiger partial charge is 0.261 e. The number of amides is 1. The summed E-state index contributed by atoms with van der Waals surface area (Å²) < 4.78 is 5.70. The molecule has 0 aromatic heterocycles. The molecule has 0 aliphatic carbocycles. The second-order valence-electron chi connectivity index (χ2n) is 5.61. The quantitative estimate of drug-likeness (QED) is 0.910. The van der Waals surface area contributed by atoms with Gasteiger partial charge in [-0.25, -0.2) is 0 Å². The predicted molar refractivity (Wildman–Crippen MR) is 85.7 cm³/mol. The first-order chi connectivity index (χ1) is 11.1. The molecule has 1 aliphatic rings. The van der Waals surface area contributed by atoms with Crippen LogP contribution in [0.25, 0.3) is 0 Å². The number of rotatable bonds is 4. The fourth-order valence-electron chi connectivity index (χ4n) is 2.73. The Labute approximate surface area is 134 Å². The minimum atomic E-state index is -0.261. The number of likely N-dealkylation sites (tertiary alicyclic amines) is 1. The van der Waals surface area contributed by atoms with Crippen LogP contribution in [0.15, 0.2) is 42.5 Å². The van der Waals surface area contributed by atoms with Crippen molar-refractivity contribution < 1.29 is 19.7 Å². The summed E-state index contributed by atoms with van der Waals surface area (Å²) >= 11 is 0. The SMILES string of the molecule is O=C(c1c(O)cc(O)cc1OCc1ccccc1)N1CCCC1. The Bertz CT molecular complexity index is 694. The van der Waals surface area contributed by atoms with Crippen LogP contribution >= 0.6 is 0 Å². The van der Waals surface area contributed by atoms with E-state index in [0.717, 1.165) is 18.4 Å². The number of benzene rings is 2. The summed E-state index contributed by atoms with van der Waals surface area (Å²) in [5.74, 6) is -0.459. The van der Waals surface area contributed by atoms with Crippen LogP contribution in [-0.2, 0) is 6.61 Å². The van der Waals surface area contributed by atoms with Gasteiger partial charge in [0.25, 0.3) is 5.91 Å². The van der Waals surface area contributed by atoms with Crippen LogP contribution in [0.4, 0.5) is 0 Å². The first-order valence-electron chi connectivity index (χ1n) is 7.67. The van der Waals surface area contributed by atoms with Crippen molar-refractivity contribution in [2.45, 2.75) is 19.4 Å². The van der Waals surface area contributed by atoms with E-state index in [9.17, 15) is 15.0 Å². The Morgan fingerprint density at radius 3 is 2.48 bits per heavy atom. The van der Waals surface area contributed by atoms with Crippen molar-refractivity contribution >= 4 is 5.91 Å². The summed E-state index contributed by atoms with van der Waals surface area (Å²) in [5.41, 5.74) is 1.05. The Kier molecular flexibility index (Phi) is 4.37. The van der Waals surface area contributed by atoms with Crippen molar-refractivity contribution in [2.75, 3.05) is 13.1 Å². The maximum atomic E-state index is 12.6. The van der Waals surface area contributed by atoms with E-state index in [4.69, 9.17) is 4.74 Å². The predicted octanol–water partition coefficient (Wildman–Crippen LogP) is 2.91. The fourth-order valence-corrected chi connectivity index (χ4v) is 2.73. The van der Waals surface area contributed by atoms with Crippen molar-refractivity contribution in [3.05, 3.63) is 53.6 Å². The molecule has 0 unspecified atom stereocenters. The number of ether oxygens (including phenoxy) is 1. The van der Waals surface area contributed by atoms with E-state index in [-0.39, 0.29) is 35.3 Å². The lowest BCUT2D eigenvalue weighted by molar-refractivity contribution is 0.0784. The van der Waals surface area contributed by atoms with Gasteiger partial charge in [-0.15, -0.1) is 0 Å². The average Bonchev–Trinajstić information content (AvgIpc) is 3.07. The van der Waals surface area contributed by atoms with Gasteiger partial charge in [-0.2, -0.15) is 0 Å². The summed E-state index contributed by atoms with van der Waals surface area (Å²) in [7, 11) is 0. The van der Waals surface area contributed by atoms with Crippen LogP contribution in [0.1, 0.15) is 28.8 Å². The van der Waals surface area contributed by atoms with E-state index in [0.29, 0.717) is 13.1 Å². The number of phenols is 2. The number of hydrogen-bond donors (Lipinski definition) is 2. The molecule has 120 valence electrons. The zero-order valence-corrected chi connectivity index (χ0v) is 12.7. The lowest BCUT2D eigenvalue weighted by Crippen LogP contribution is -2.28. The second kappa shape index (κ2) is 6.60. The largest absolute Gasteiger partial charge is 0.508 e. The van der Waals surface area contributed by atoms with Gasteiger partial charge >= 0.3 is 0 Å². The van der Waals surface area contributed by atoms with Gasteiger partial charge in [0.15, 0.2) is 0 Å². The topological polar surface area (TPSA) is 70.0 Å². The highest BCUT2D eigenvalue weighted by atomic mass is 16.5. The number of hydrogen-bond acceptors (Lipinski definition) is 4. The number of aromatic hydroxyl groups is 2. The molecule has 23 heavy (non-hydrogen) atoms. The molecule has 1 fully saturated rings. The van der Waals surface area contributed by atoms with E-state index in [1.165, 1.54) is 12.1 Å². The Hall–Kier alpha value is -2.69. The van der Waals surface area contributed by atoms with Crippen molar-refractivity contribution in [1.29, 1.82) is 0 Å². The molecule has 5 heteroatoms. The molecule has 5 nitrogen and oxygen atoms in total. The van der Waals surface area contributed by atoms with Gasteiger partial charge in [-0.3, -0.25) is 4.79 Å². The Morgan fingerprint density at radius 1 is 1.09 bits per heavy atom. The zero-order chi connectivity index (χ0) is 16.2. The molecule has 1 aliphatic heterocycles. The molecule has 0 saturated carbocycles. The van der Waals surface area contributed by atoms with Gasteiger partial charge in [-0.1, -0.05) is 30.3 Å². The molecule has 1 heterocycles. The highest BCUT2D eigenvalue weighted by molar-refractivity contribution is 6.00. The monoisotopic (exact) mass is 313 g/mol. The maximum absolute atomic E-state index is 12.6. The Balaban J connectivity index is 1.87. The van der Waals surface area contributed by atoms with E-state index >= 15 is 0 Å². The third-order valence-electron chi connectivity index (χ3n) is 3.91. The number of phenolic OH excluding ortho intramolecular Hbond substituents is 2. The fraction of sp³-hybridized carbons (Fsp3) is 0.278. The van der Waals surface area contributed by atoms with Crippen molar-refractivity contribution in [2.24, 2.45) is 0 Å². The molecule has 0 bridgehead atoms. The third kappa shape index (κ3) is 3.39.